The maximum Gasteiger partial charge on any atom is 0.282 e. The average molecular weight is 460 g/mol. The Morgan fingerprint density at radius 1 is 1.00 bits per heavy atom. The lowest BCUT2D eigenvalue weighted by atomic mass is 10.2. The molecule has 4 rings (SSSR count). The Hall–Kier alpha value is -2.53. The van der Waals surface area contributed by atoms with Gasteiger partial charge in [-0.25, -0.2) is 4.98 Å². The number of rotatable bonds is 8. The molecule has 1 aliphatic rings. The molecule has 0 amide bonds. The Bertz CT molecular complexity index is 1210. The summed E-state index contributed by atoms with van der Waals surface area (Å²) in [4.78, 5) is 20.1. The Balaban J connectivity index is 1.56. The summed E-state index contributed by atoms with van der Waals surface area (Å²) in [5, 5.41) is 0.568. The summed E-state index contributed by atoms with van der Waals surface area (Å²) in [5.74, 6) is 1.32. The van der Waals surface area contributed by atoms with Crippen LogP contribution >= 0.6 is 0 Å². The van der Waals surface area contributed by atoms with E-state index >= 15 is 0 Å². The molecule has 1 saturated heterocycles. The predicted molar refractivity (Wildman–Crippen MR) is 123 cm³/mol. The highest BCUT2D eigenvalue weighted by molar-refractivity contribution is 7.86. The van der Waals surface area contributed by atoms with Crippen LogP contribution in [-0.4, -0.2) is 70.7 Å². The van der Waals surface area contributed by atoms with Gasteiger partial charge in [-0.05, 0) is 24.3 Å². The third-order valence-corrected chi connectivity index (χ3v) is 8.08. The van der Waals surface area contributed by atoms with Crippen LogP contribution in [0.5, 0.6) is 0 Å². The lowest BCUT2D eigenvalue weighted by molar-refractivity contribution is 0.170. The van der Waals surface area contributed by atoms with Gasteiger partial charge in [-0.3, -0.25) is 14.3 Å². The molecule has 2 aromatic heterocycles. The van der Waals surface area contributed by atoms with Crippen LogP contribution in [-0.2, 0) is 23.3 Å². The van der Waals surface area contributed by atoms with Crippen molar-refractivity contribution >= 4 is 21.1 Å². The van der Waals surface area contributed by atoms with Gasteiger partial charge in [0.1, 0.15) is 11.6 Å². The number of nitrogens with zero attached hydrogens (tertiary/aromatic N) is 5. The normalized spacial score (nSPS) is 16.2. The van der Waals surface area contributed by atoms with E-state index in [4.69, 9.17) is 9.40 Å². The van der Waals surface area contributed by atoms with E-state index in [0.717, 1.165) is 0 Å². The first-order chi connectivity index (χ1) is 15.4. The SMILES string of the molecule is CCN(CC)S(=O)(=O)N1CCN(Cc2nc3ccccc3c(=O)n2Cc2ccco2)CC1. The van der Waals surface area contributed by atoms with Crippen LogP contribution in [0.25, 0.3) is 10.9 Å². The van der Waals surface area contributed by atoms with Crippen LogP contribution in [0.4, 0.5) is 0 Å². The zero-order chi connectivity index (χ0) is 22.7. The van der Waals surface area contributed by atoms with Crippen molar-refractivity contribution in [3.63, 3.8) is 0 Å². The quantitative estimate of drug-likeness (QED) is 0.510. The van der Waals surface area contributed by atoms with Crippen molar-refractivity contribution in [1.29, 1.82) is 0 Å². The molecule has 0 spiro atoms. The van der Waals surface area contributed by atoms with Gasteiger partial charge < -0.3 is 4.42 Å². The Labute approximate surface area is 188 Å². The molecule has 10 heteroatoms. The van der Waals surface area contributed by atoms with Crippen LogP contribution in [0.15, 0.2) is 51.9 Å². The molecule has 172 valence electrons. The molecule has 3 aromatic rings. The molecular formula is C22H29N5O4S. The van der Waals surface area contributed by atoms with Crippen molar-refractivity contribution in [3.05, 3.63) is 64.6 Å². The first-order valence-corrected chi connectivity index (χ1v) is 12.3. The molecular weight excluding hydrogens is 430 g/mol. The monoisotopic (exact) mass is 459 g/mol. The van der Waals surface area contributed by atoms with Crippen LogP contribution in [0.1, 0.15) is 25.4 Å². The molecule has 0 unspecified atom stereocenters. The van der Waals surface area contributed by atoms with Gasteiger partial charge in [-0.1, -0.05) is 26.0 Å². The van der Waals surface area contributed by atoms with E-state index in [-0.39, 0.29) is 5.56 Å². The molecule has 0 bridgehead atoms. The summed E-state index contributed by atoms with van der Waals surface area (Å²) in [7, 11) is -3.44. The number of hydrogen-bond acceptors (Lipinski definition) is 6. The summed E-state index contributed by atoms with van der Waals surface area (Å²) < 4.78 is 35.7. The van der Waals surface area contributed by atoms with Crippen LogP contribution < -0.4 is 5.56 Å². The second-order valence-electron chi connectivity index (χ2n) is 7.78. The van der Waals surface area contributed by atoms with Crippen molar-refractivity contribution in [3.8, 4) is 0 Å². The first-order valence-electron chi connectivity index (χ1n) is 10.9. The number of hydrogen-bond donors (Lipinski definition) is 0. The summed E-state index contributed by atoms with van der Waals surface area (Å²) in [5.41, 5.74) is 0.552. The number of para-hydroxylation sites is 1. The zero-order valence-corrected chi connectivity index (χ0v) is 19.3. The van der Waals surface area contributed by atoms with Crippen molar-refractivity contribution in [2.24, 2.45) is 0 Å². The molecule has 1 fully saturated rings. The molecule has 32 heavy (non-hydrogen) atoms. The fraction of sp³-hybridized carbons (Fsp3) is 0.455. The lowest BCUT2D eigenvalue weighted by Gasteiger charge is -2.36. The highest BCUT2D eigenvalue weighted by Crippen LogP contribution is 2.16. The molecule has 3 heterocycles. The summed E-state index contributed by atoms with van der Waals surface area (Å²) in [6.45, 7) is 7.34. The topological polar surface area (TPSA) is 91.9 Å². The Morgan fingerprint density at radius 3 is 2.38 bits per heavy atom. The van der Waals surface area contributed by atoms with E-state index in [1.54, 1.807) is 27.3 Å². The molecule has 0 radical (unpaired) electrons. The number of fused-ring (bicyclic) bond motifs is 1. The van der Waals surface area contributed by atoms with Crippen LogP contribution in [0.2, 0.25) is 0 Å². The minimum Gasteiger partial charge on any atom is -0.467 e. The maximum atomic E-state index is 13.2. The summed E-state index contributed by atoms with van der Waals surface area (Å²) in [6.07, 6.45) is 1.59. The van der Waals surface area contributed by atoms with Gasteiger partial charge in [0, 0.05) is 39.3 Å². The minimum absolute atomic E-state index is 0.107. The van der Waals surface area contributed by atoms with Crippen molar-refractivity contribution in [1.82, 2.24) is 23.1 Å². The van der Waals surface area contributed by atoms with E-state index in [2.05, 4.69) is 4.90 Å². The van der Waals surface area contributed by atoms with E-state index in [0.29, 0.717) is 74.8 Å². The van der Waals surface area contributed by atoms with Crippen molar-refractivity contribution in [2.75, 3.05) is 39.3 Å². The van der Waals surface area contributed by atoms with Gasteiger partial charge in [0.25, 0.3) is 15.8 Å². The van der Waals surface area contributed by atoms with Crippen molar-refractivity contribution in [2.45, 2.75) is 26.9 Å². The van der Waals surface area contributed by atoms with Gasteiger partial charge in [0.15, 0.2) is 0 Å². The molecule has 0 saturated carbocycles. The third kappa shape index (κ3) is 4.49. The molecule has 1 aromatic carbocycles. The van der Waals surface area contributed by atoms with E-state index in [1.165, 1.54) is 4.31 Å². The number of benzene rings is 1. The second kappa shape index (κ2) is 9.53. The molecule has 0 aliphatic carbocycles. The number of piperazine rings is 1. The largest absolute Gasteiger partial charge is 0.467 e. The lowest BCUT2D eigenvalue weighted by Crippen LogP contribution is -2.53. The second-order valence-corrected chi connectivity index (χ2v) is 9.71. The average Bonchev–Trinajstić information content (AvgIpc) is 3.31. The summed E-state index contributed by atoms with van der Waals surface area (Å²) >= 11 is 0. The van der Waals surface area contributed by atoms with Gasteiger partial charge in [-0.2, -0.15) is 17.0 Å². The van der Waals surface area contributed by atoms with Gasteiger partial charge in [-0.15, -0.1) is 0 Å². The smallest absolute Gasteiger partial charge is 0.282 e. The zero-order valence-electron chi connectivity index (χ0n) is 18.5. The Kier molecular flexibility index (Phi) is 6.75. The summed E-state index contributed by atoms with van der Waals surface area (Å²) in [6, 6.07) is 11.0. The fourth-order valence-electron chi connectivity index (χ4n) is 4.09. The van der Waals surface area contributed by atoms with E-state index in [9.17, 15) is 13.2 Å². The minimum atomic E-state index is -3.44. The Morgan fingerprint density at radius 2 is 1.72 bits per heavy atom. The third-order valence-electron chi connectivity index (χ3n) is 5.89. The standard InChI is InChI=1S/C22H29N5O4S/c1-3-25(4-2)32(29,30)26-13-11-24(12-14-26)17-21-23-20-10-6-5-9-19(20)22(28)27(21)16-18-8-7-15-31-18/h5-10,15H,3-4,11-14,16-17H2,1-2H3. The van der Waals surface area contributed by atoms with E-state index in [1.807, 2.05) is 38.1 Å². The fourth-order valence-corrected chi connectivity index (χ4v) is 5.69. The molecule has 0 N–H and O–H groups in total. The number of aromatic nitrogens is 2. The van der Waals surface area contributed by atoms with Crippen LogP contribution in [0.3, 0.4) is 0 Å². The maximum absolute atomic E-state index is 13.2. The molecule has 1 aliphatic heterocycles. The van der Waals surface area contributed by atoms with Gasteiger partial charge >= 0.3 is 0 Å². The first kappa shape index (κ1) is 22.7. The van der Waals surface area contributed by atoms with E-state index < -0.39 is 10.2 Å². The predicted octanol–water partition coefficient (Wildman–Crippen LogP) is 1.74. The molecule has 9 nitrogen and oxygen atoms in total. The highest BCUT2D eigenvalue weighted by atomic mass is 32.2. The van der Waals surface area contributed by atoms with Gasteiger partial charge in [0.2, 0.25) is 0 Å². The molecule has 0 atom stereocenters. The highest BCUT2D eigenvalue weighted by Gasteiger charge is 2.31. The van der Waals surface area contributed by atoms with Gasteiger partial charge in [0.05, 0.1) is 30.3 Å². The number of furan rings is 1. The van der Waals surface area contributed by atoms with Crippen LogP contribution in [0, 0.1) is 0 Å². The van der Waals surface area contributed by atoms with Crippen molar-refractivity contribution < 1.29 is 12.8 Å².